The molecule has 0 fully saturated rings. The zero-order valence-corrected chi connectivity index (χ0v) is 10.8. The van der Waals surface area contributed by atoms with Gasteiger partial charge < -0.3 is 14.9 Å². The van der Waals surface area contributed by atoms with Crippen molar-refractivity contribution in [2.45, 2.75) is 26.3 Å². The number of carboxylic acid groups (broad SMARTS) is 1. The van der Waals surface area contributed by atoms with Crippen molar-refractivity contribution >= 4 is 17.7 Å². The minimum atomic E-state index is -1.20. The van der Waals surface area contributed by atoms with Crippen LogP contribution in [0.15, 0.2) is 24.3 Å². The van der Waals surface area contributed by atoms with E-state index in [1.54, 1.807) is 13.8 Å². The zero-order chi connectivity index (χ0) is 15.3. The second-order valence-electron chi connectivity index (χ2n) is 4.62. The van der Waals surface area contributed by atoms with E-state index in [0.29, 0.717) is 0 Å². The second kappa shape index (κ2) is 5.60. The summed E-state index contributed by atoms with van der Waals surface area (Å²) >= 11 is 0. The van der Waals surface area contributed by atoms with Gasteiger partial charge in [0.05, 0.1) is 0 Å². The number of rotatable bonds is 3. The van der Waals surface area contributed by atoms with Crippen LogP contribution in [0.5, 0.6) is 5.75 Å². The normalized spacial score (nSPS) is 11.6. The Morgan fingerprint density at radius 1 is 1.37 bits per heavy atom. The first-order chi connectivity index (χ1) is 9.25. The van der Waals surface area contributed by atoms with Gasteiger partial charge in [0, 0.05) is 7.06 Å². The van der Waals surface area contributed by atoms with Gasteiger partial charge in [0.1, 0.15) is 17.9 Å². The molecule has 0 heterocycles. The van der Waals surface area contributed by atoms with Crippen molar-refractivity contribution in [3.63, 3.8) is 0 Å². The Balaban J connectivity index is 2.97. The fourth-order valence-electron chi connectivity index (χ4n) is 1.32. The van der Waals surface area contributed by atoms with E-state index in [2.05, 4.69) is 0 Å². The standard InChI is InChI=1S/C13H17NO5/c1-13(2,3)19-12(18)14(8-11(16)17)9-4-6-10(15)7-5-9/h4-7,15H,8H2,1-3H3,(H,16,17)/i1D. The molecule has 104 valence electrons. The maximum absolute atomic E-state index is 12.0. The molecule has 1 amide bonds. The Kier molecular flexibility index (Phi) is 3.89. The summed E-state index contributed by atoms with van der Waals surface area (Å²) in [5, 5.41) is 18.1. The summed E-state index contributed by atoms with van der Waals surface area (Å²) in [7, 11) is 0. The fourth-order valence-corrected chi connectivity index (χ4v) is 1.32. The third kappa shape index (κ3) is 4.87. The molecule has 6 nitrogen and oxygen atoms in total. The SMILES string of the molecule is [2H]CC(C)(C)OC(=O)N(CC(=O)O)c1ccc(O)cc1. The third-order valence-electron chi connectivity index (χ3n) is 2.04. The van der Waals surface area contributed by atoms with E-state index in [1.165, 1.54) is 24.3 Å². The van der Waals surface area contributed by atoms with Gasteiger partial charge in [0.15, 0.2) is 0 Å². The van der Waals surface area contributed by atoms with E-state index in [9.17, 15) is 14.7 Å². The van der Waals surface area contributed by atoms with Gasteiger partial charge in [-0.3, -0.25) is 9.69 Å². The first kappa shape index (κ1) is 13.2. The van der Waals surface area contributed by atoms with Crippen molar-refractivity contribution < 1.29 is 25.9 Å². The summed E-state index contributed by atoms with van der Waals surface area (Å²) in [5.74, 6) is -1.19. The lowest BCUT2D eigenvalue weighted by molar-refractivity contribution is -0.135. The van der Waals surface area contributed by atoms with Crippen LogP contribution in [0.25, 0.3) is 0 Å². The Morgan fingerprint density at radius 2 is 1.95 bits per heavy atom. The highest BCUT2D eigenvalue weighted by Gasteiger charge is 2.25. The van der Waals surface area contributed by atoms with Crippen LogP contribution in [-0.4, -0.2) is 34.4 Å². The number of aromatic hydroxyl groups is 1. The van der Waals surface area contributed by atoms with Gasteiger partial charge in [-0.25, -0.2) is 4.79 Å². The highest BCUT2D eigenvalue weighted by Crippen LogP contribution is 2.20. The third-order valence-corrected chi connectivity index (χ3v) is 2.04. The lowest BCUT2D eigenvalue weighted by atomic mass is 10.2. The molecule has 1 aromatic carbocycles. The number of amides is 1. The molecule has 0 aliphatic rings. The molecule has 0 aromatic heterocycles. The molecule has 6 heteroatoms. The molecule has 2 N–H and O–H groups in total. The average molecular weight is 268 g/mol. The van der Waals surface area contributed by atoms with Crippen LogP contribution in [-0.2, 0) is 9.53 Å². The Morgan fingerprint density at radius 3 is 2.42 bits per heavy atom. The number of nitrogens with zero attached hydrogens (tertiary/aromatic N) is 1. The van der Waals surface area contributed by atoms with Gasteiger partial charge in [-0.05, 0) is 45.0 Å². The molecule has 19 heavy (non-hydrogen) atoms. The van der Waals surface area contributed by atoms with Crippen LogP contribution in [0, 0.1) is 0 Å². The van der Waals surface area contributed by atoms with Gasteiger partial charge in [0.25, 0.3) is 0 Å². The largest absolute Gasteiger partial charge is 0.508 e. The summed E-state index contributed by atoms with van der Waals surface area (Å²) in [6.45, 7) is 2.41. The minimum Gasteiger partial charge on any atom is -0.508 e. The number of benzene rings is 1. The molecule has 0 saturated carbocycles. The van der Waals surface area contributed by atoms with E-state index in [1.807, 2.05) is 0 Å². The summed E-state index contributed by atoms with van der Waals surface area (Å²) < 4.78 is 12.4. The topological polar surface area (TPSA) is 87.1 Å². The van der Waals surface area contributed by atoms with E-state index in [0.717, 1.165) is 4.90 Å². The van der Waals surface area contributed by atoms with Crippen LogP contribution in [0.3, 0.4) is 0 Å². The number of hydrogen-bond acceptors (Lipinski definition) is 4. The summed E-state index contributed by atoms with van der Waals surface area (Å²) in [6.07, 6.45) is -0.852. The monoisotopic (exact) mass is 268 g/mol. The van der Waals surface area contributed by atoms with Gasteiger partial charge in [-0.2, -0.15) is 0 Å². The molecule has 0 aliphatic heterocycles. The fraction of sp³-hybridized carbons (Fsp3) is 0.385. The number of phenols is 1. The van der Waals surface area contributed by atoms with Gasteiger partial charge in [-0.1, -0.05) is 0 Å². The molecule has 0 saturated heterocycles. The van der Waals surface area contributed by atoms with Gasteiger partial charge >= 0.3 is 12.1 Å². The molecular formula is C13H17NO5. The van der Waals surface area contributed by atoms with Crippen molar-refractivity contribution in [3.8, 4) is 5.75 Å². The van der Waals surface area contributed by atoms with Crippen LogP contribution < -0.4 is 4.90 Å². The minimum absolute atomic E-state index is 0.00359. The van der Waals surface area contributed by atoms with E-state index >= 15 is 0 Å². The smallest absolute Gasteiger partial charge is 0.415 e. The van der Waals surface area contributed by atoms with E-state index < -0.39 is 24.2 Å². The quantitative estimate of drug-likeness (QED) is 0.877. The Bertz CT molecular complexity index is 486. The van der Waals surface area contributed by atoms with Crippen molar-refractivity contribution in [1.29, 1.82) is 0 Å². The van der Waals surface area contributed by atoms with Crippen molar-refractivity contribution in [1.82, 2.24) is 0 Å². The molecule has 0 spiro atoms. The maximum atomic E-state index is 12.0. The number of anilines is 1. The number of hydrogen-bond donors (Lipinski definition) is 2. The molecule has 1 aromatic rings. The maximum Gasteiger partial charge on any atom is 0.415 e. The molecule has 1 rings (SSSR count). The summed E-state index contributed by atoms with van der Waals surface area (Å²) in [5.41, 5.74) is -0.721. The van der Waals surface area contributed by atoms with Crippen LogP contribution in [0.4, 0.5) is 10.5 Å². The number of carbonyl (C=O) groups is 2. The summed E-state index contributed by atoms with van der Waals surface area (Å²) in [6, 6.07) is 5.50. The molecule has 0 radical (unpaired) electrons. The predicted octanol–water partition coefficient (Wildman–Crippen LogP) is 2.22. The van der Waals surface area contributed by atoms with Crippen LogP contribution >= 0.6 is 0 Å². The second-order valence-corrected chi connectivity index (χ2v) is 4.62. The lowest BCUT2D eigenvalue weighted by Crippen LogP contribution is -2.39. The van der Waals surface area contributed by atoms with Gasteiger partial charge in [-0.15, -0.1) is 0 Å². The molecule has 0 bridgehead atoms. The molecule has 0 unspecified atom stereocenters. The highest BCUT2D eigenvalue weighted by molar-refractivity contribution is 5.93. The zero-order valence-electron chi connectivity index (χ0n) is 11.8. The molecule has 0 aliphatic carbocycles. The Labute approximate surface area is 112 Å². The van der Waals surface area contributed by atoms with Crippen molar-refractivity contribution in [2.75, 3.05) is 11.4 Å². The Hall–Kier alpha value is -2.24. The van der Waals surface area contributed by atoms with E-state index in [-0.39, 0.29) is 18.3 Å². The number of aliphatic carboxylic acids is 1. The average Bonchev–Trinajstić information content (AvgIpc) is 2.36. The highest BCUT2D eigenvalue weighted by atomic mass is 16.6. The number of ether oxygens (including phenoxy) is 1. The van der Waals surface area contributed by atoms with Crippen LogP contribution in [0.2, 0.25) is 0 Å². The van der Waals surface area contributed by atoms with E-state index in [4.69, 9.17) is 11.2 Å². The first-order valence-electron chi connectivity index (χ1n) is 6.26. The summed E-state index contributed by atoms with van der Waals surface area (Å²) in [4.78, 5) is 23.8. The lowest BCUT2D eigenvalue weighted by Gasteiger charge is -2.26. The predicted molar refractivity (Wildman–Crippen MR) is 69.3 cm³/mol. The number of phenolic OH excluding ortho intramolecular Hbond substituents is 1. The van der Waals surface area contributed by atoms with Gasteiger partial charge in [0.2, 0.25) is 0 Å². The first-order valence-corrected chi connectivity index (χ1v) is 5.56. The van der Waals surface area contributed by atoms with Crippen molar-refractivity contribution in [3.05, 3.63) is 24.3 Å². The molecular weight excluding hydrogens is 250 g/mol. The molecule has 0 atom stereocenters. The number of carboxylic acids is 1. The van der Waals surface area contributed by atoms with Crippen molar-refractivity contribution in [2.24, 2.45) is 0 Å². The number of carbonyl (C=O) groups excluding carboxylic acids is 1. The van der Waals surface area contributed by atoms with Crippen LogP contribution in [0.1, 0.15) is 22.1 Å².